The lowest BCUT2D eigenvalue weighted by Crippen LogP contribution is -1.96. The van der Waals surface area contributed by atoms with Gasteiger partial charge in [0.1, 0.15) is 0 Å². The van der Waals surface area contributed by atoms with Crippen molar-refractivity contribution in [2.45, 2.75) is 0 Å². The second-order valence-corrected chi connectivity index (χ2v) is 5.00. The van der Waals surface area contributed by atoms with Crippen LogP contribution < -0.4 is 0 Å². The minimum absolute atomic E-state index is 0.165. The Labute approximate surface area is 117 Å². The second kappa shape index (κ2) is 4.05. The van der Waals surface area contributed by atoms with Gasteiger partial charge in [-0.1, -0.05) is 29.3 Å². The van der Waals surface area contributed by atoms with Crippen LogP contribution in [0.1, 0.15) is 15.9 Å². The normalized spacial score (nSPS) is 12.2. The van der Waals surface area contributed by atoms with Crippen molar-refractivity contribution in [1.82, 2.24) is 0 Å². The van der Waals surface area contributed by atoms with Crippen LogP contribution in [0, 0.1) is 10.1 Å². The Morgan fingerprint density at radius 1 is 0.947 bits per heavy atom. The van der Waals surface area contributed by atoms with Crippen LogP contribution >= 0.6 is 23.2 Å². The van der Waals surface area contributed by atoms with E-state index in [9.17, 15) is 14.9 Å². The molecule has 19 heavy (non-hydrogen) atoms. The summed E-state index contributed by atoms with van der Waals surface area (Å²) in [7, 11) is 0. The van der Waals surface area contributed by atoms with Crippen LogP contribution in [-0.2, 0) is 0 Å². The summed E-state index contributed by atoms with van der Waals surface area (Å²) in [5, 5.41) is 11.7. The molecule has 0 aromatic heterocycles. The molecule has 3 rings (SSSR count). The molecular formula is C13H5Cl2NO3. The number of ketones is 1. The van der Waals surface area contributed by atoms with E-state index in [0.717, 1.165) is 0 Å². The van der Waals surface area contributed by atoms with Gasteiger partial charge in [-0.25, -0.2) is 0 Å². The molecule has 2 aromatic carbocycles. The van der Waals surface area contributed by atoms with Crippen molar-refractivity contribution in [3.05, 3.63) is 61.6 Å². The number of benzene rings is 2. The van der Waals surface area contributed by atoms with Crippen molar-refractivity contribution in [3.8, 4) is 11.1 Å². The Balaban J connectivity index is 2.41. The third kappa shape index (κ3) is 1.72. The van der Waals surface area contributed by atoms with E-state index in [1.165, 1.54) is 18.2 Å². The lowest BCUT2D eigenvalue weighted by molar-refractivity contribution is -0.384. The molecule has 94 valence electrons. The number of hydrogen-bond acceptors (Lipinski definition) is 3. The van der Waals surface area contributed by atoms with Gasteiger partial charge in [-0.2, -0.15) is 0 Å². The predicted octanol–water partition coefficient (Wildman–Crippen LogP) is 4.11. The molecule has 0 heterocycles. The lowest BCUT2D eigenvalue weighted by Gasteiger charge is -2.02. The number of hydrogen-bond donors (Lipinski definition) is 0. The van der Waals surface area contributed by atoms with Crippen LogP contribution in [0.5, 0.6) is 0 Å². The highest BCUT2D eigenvalue weighted by Gasteiger charge is 2.33. The summed E-state index contributed by atoms with van der Waals surface area (Å²) >= 11 is 11.7. The summed E-state index contributed by atoms with van der Waals surface area (Å²) in [5.74, 6) is -0.293. The topological polar surface area (TPSA) is 60.2 Å². The smallest absolute Gasteiger partial charge is 0.279 e. The largest absolute Gasteiger partial charge is 0.289 e. The number of nitro benzene ring substituents is 1. The highest BCUT2D eigenvalue weighted by atomic mass is 35.5. The molecule has 1 aliphatic carbocycles. The first-order chi connectivity index (χ1) is 8.99. The maximum absolute atomic E-state index is 12.2. The van der Waals surface area contributed by atoms with Gasteiger partial charge in [0.05, 0.1) is 10.5 Å². The monoisotopic (exact) mass is 293 g/mol. The van der Waals surface area contributed by atoms with Crippen molar-refractivity contribution < 1.29 is 9.72 Å². The standard InChI is InChI=1S/C13H5Cl2NO3/c14-6-1-2-8-9(3-6)13(17)10-4-7(15)5-11(12(8)10)16(18)19/h1-5H. The third-order valence-electron chi connectivity index (χ3n) is 3.02. The average Bonchev–Trinajstić information content (AvgIpc) is 2.62. The first-order valence-corrected chi connectivity index (χ1v) is 6.07. The van der Waals surface area contributed by atoms with Crippen LogP contribution in [0.3, 0.4) is 0 Å². The first-order valence-electron chi connectivity index (χ1n) is 5.31. The van der Waals surface area contributed by atoms with Crippen LogP contribution in [0.15, 0.2) is 30.3 Å². The molecule has 0 radical (unpaired) electrons. The Hall–Kier alpha value is -1.91. The van der Waals surface area contributed by atoms with E-state index in [1.807, 2.05) is 0 Å². The van der Waals surface area contributed by atoms with E-state index in [0.29, 0.717) is 21.7 Å². The van der Waals surface area contributed by atoms with E-state index >= 15 is 0 Å². The Bertz CT molecular complexity index is 756. The minimum atomic E-state index is -0.540. The highest BCUT2D eigenvalue weighted by Crippen LogP contribution is 2.44. The van der Waals surface area contributed by atoms with Gasteiger partial charge in [0.25, 0.3) is 5.69 Å². The molecule has 0 saturated heterocycles. The number of fused-ring (bicyclic) bond motifs is 3. The van der Waals surface area contributed by atoms with Gasteiger partial charge >= 0.3 is 0 Å². The molecule has 0 spiro atoms. The summed E-state index contributed by atoms with van der Waals surface area (Å²) in [6.07, 6.45) is 0. The number of halogens is 2. The number of nitro groups is 1. The number of rotatable bonds is 1. The predicted molar refractivity (Wildman–Crippen MR) is 72.0 cm³/mol. The van der Waals surface area contributed by atoms with E-state index < -0.39 is 4.92 Å². The highest BCUT2D eigenvalue weighted by molar-refractivity contribution is 6.34. The quantitative estimate of drug-likeness (QED) is 0.501. The van der Waals surface area contributed by atoms with Crippen molar-refractivity contribution in [2.24, 2.45) is 0 Å². The molecule has 2 aromatic rings. The fourth-order valence-corrected chi connectivity index (χ4v) is 2.65. The van der Waals surface area contributed by atoms with Gasteiger partial charge in [-0.15, -0.1) is 0 Å². The second-order valence-electron chi connectivity index (χ2n) is 4.12. The van der Waals surface area contributed by atoms with Gasteiger partial charge in [-0.3, -0.25) is 14.9 Å². The van der Waals surface area contributed by atoms with Gasteiger partial charge in [0, 0.05) is 32.8 Å². The molecular weight excluding hydrogens is 289 g/mol. The fourth-order valence-electron chi connectivity index (χ4n) is 2.27. The first kappa shape index (κ1) is 12.1. The molecule has 0 saturated carbocycles. The number of carbonyl (C=O) groups is 1. The summed E-state index contributed by atoms with van der Waals surface area (Å²) < 4.78 is 0. The Morgan fingerprint density at radius 3 is 2.32 bits per heavy atom. The van der Waals surface area contributed by atoms with Gasteiger partial charge in [0.15, 0.2) is 5.78 Å². The van der Waals surface area contributed by atoms with Crippen molar-refractivity contribution in [1.29, 1.82) is 0 Å². The molecule has 0 fully saturated rings. The van der Waals surface area contributed by atoms with Crippen molar-refractivity contribution in [2.75, 3.05) is 0 Å². The van der Waals surface area contributed by atoms with Crippen LogP contribution in [0.4, 0.5) is 5.69 Å². The van der Waals surface area contributed by atoms with Gasteiger partial charge in [0.2, 0.25) is 0 Å². The zero-order chi connectivity index (χ0) is 13.7. The lowest BCUT2D eigenvalue weighted by atomic mass is 10.0. The van der Waals surface area contributed by atoms with Crippen LogP contribution in [-0.4, -0.2) is 10.7 Å². The number of carbonyl (C=O) groups excluding carboxylic acids is 1. The Morgan fingerprint density at radius 2 is 1.63 bits per heavy atom. The molecule has 1 aliphatic rings. The van der Waals surface area contributed by atoms with Crippen molar-refractivity contribution >= 4 is 34.7 Å². The van der Waals surface area contributed by atoms with E-state index in [-0.39, 0.29) is 22.1 Å². The van der Waals surface area contributed by atoms with Gasteiger partial charge < -0.3 is 0 Å². The summed E-state index contributed by atoms with van der Waals surface area (Å²) in [6, 6.07) is 7.41. The minimum Gasteiger partial charge on any atom is -0.289 e. The molecule has 0 N–H and O–H groups in total. The molecule has 0 aliphatic heterocycles. The zero-order valence-corrected chi connectivity index (χ0v) is 10.8. The van der Waals surface area contributed by atoms with Crippen molar-refractivity contribution in [3.63, 3.8) is 0 Å². The van der Waals surface area contributed by atoms with E-state index in [2.05, 4.69) is 0 Å². The summed E-state index contributed by atoms with van der Waals surface area (Å²) in [4.78, 5) is 22.8. The van der Waals surface area contributed by atoms with E-state index in [1.54, 1.807) is 12.1 Å². The maximum atomic E-state index is 12.2. The molecule has 0 unspecified atom stereocenters. The molecule has 0 atom stereocenters. The van der Waals surface area contributed by atoms with E-state index in [4.69, 9.17) is 23.2 Å². The third-order valence-corrected chi connectivity index (χ3v) is 3.47. The SMILES string of the molecule is O=C1c2cc(Cl)ccc2-c2c1cc(Cl)cc2[N+](=O)[O-]. The molecule has 0 amide bonds. The maximum Gasteiger partial charge on any atom is 0.279 e. The average molecular weight is 294 g/mol. The number of nitrogens with zero attached hydrogens (tertiary/aromatic N) is 1. The summed E-state index contributed by atoms with van der Waals surface area (Å²) in [6.45, 7) is 0. The van der Waals surface area contributed by atoms with Crippen LogP contribution in [0.25, 0.3) is 11.1 Å². The molecule has 4 nitrogen and oxygen atoms in total. The molecule has 0 bridgehead atoms. The fraction of sp³-hybridized carbons (Fsp3) is 0. The zero-order valence-electron chi connectivity index (χ0n) is 9.31. The van der Waals surface area contributed by atoms with Gasteiger partial charge in [-0.05, 0) is 18.2 Å². The Kier molecular flexibility index (Phi) is 2.59. The molecule has 6 heteroatoms. The van der Waals surface area contributed by atoms with Crippen LogP contribution in [0.2, 0.25) is 10.0 Å². The summed E-state index contributed by atoms with van der Waals surface area (Å²) in [5.41, 5.74) is 1.28.